The highest BCUT2D eigenvalue weighted by Gasteiger charge is 2.29. The van der Waals surface area contributed by atoms with Gasteiger partial charge in [-0.05, 0) is 43.5 Å². The molecule has 0 atom stereocenters. The van der Waals surface area contributed by atoms with E-state index in [1.165, 1.54) is 4.31 Å². The van der Waals surface area contributed by atoms with E-state index in [1.54, 1.807) is 6.07 Å². The Balaban J connectivity index is 2.42. The first-order chi connectivity index (χ1) is 9.96. The minimum Gasteiger partial charge on any atom is -0.492 e. The normalized spacial score (nSPS) is 16.9. The maximum absolute atomic E-state index is 12.8. The van der Waals surface area contributed by atoms with Crippen molar-refractivity contribution in [2.75, 3.05) is 32.9 Å². The van der Waals surface area contributed by atoms with Gasteiger partial charge in [0.2, 0.25) is 10.0 Å². The fraction of sp³-hybridized carbons (Fsp3) is 0.600. The average Bonchev–Trinajstić information content (AvgIpc) is 2.48. The van der Waals surface area contributed by atoms with Crippen molar-refractivity contribution in [2.24, 2.45) is 0 Å². The standard InChI is InChI=1S/C15H23NO4S/c1-4-7-20-14-10-12(2)13(3)11-15(14)21(17,18)16-5-8-19-9-6-16/h10-11H,4-9H2,1-3H3. The van der Waals surface area contributed by atoms with E-state index in [2.05, 4.69) is 0 Å². The van der Waals surface area contributed by atoms with Crippen LogP contribution in [0.3, 0.4) is 0 Å². The molecule has 118 valence electrons. The molecular formula is C15H23NO4S. The lowest BCUT2D eigenvalue weighted by molar-refractivity contribution is 0.0729. The first-order valence-corrected chi connectivity index (χ1v) is 8.72. The van der Waals surface area contributed by atoms with Crippen LogP contribution in [0, 0.1) is 13.8 Å². The molecule has 1 fully saturated rings. The molecule has 6 heteroatoms. The van der Waals surface area contributed by atoms with Crippen molar-refractivity contribution in [3.63, 3.8) is 0 Å². The third kappa shape index (κ3) is 3.56. The molecule has 0 spiro atoms. The van der Waals surface area contributed by atoms with E-state index in [-0.39, 0.29) is 4.90 Å². The van der Waals surface area contributed by atoms with Crippen molar-refractivity contribution in [1.82, 2.24) is 4.31 Å². The Morgan fingerprint density at radius 3 is 2.43 bits per heavy atom. The predicted molar refractivity (Wildman–Crippen MR) is 81.3 cm³/mol. The van der Waals surface area contributed by atoms with Crippen LogP contribution < -0.4 is 4.74 Å². The number of sulfonamides is 1. The van der Waals surface area contributed by atoms with Gasteiger partial charge in [-0.1, -0.05) is 6.92 Å². The summed E-state index contributed by atoms with van der Waals surface area (Å²) >= 11 is 0. The molecule has 0 radical (unpaired) electrons. The van der Waals surface area contributed by atoms with Gasteiger partial charge in [0.1, 0.15) is 10.6 Å². The van der Waals surface area contributed by atoms with Gasteiger partial charge in [0.05, 0.1) is 19.8 Å². The molecule has 0 aliphatic carbocycles. The van der Waals surface area contributed by atoms with E-state index in [4.69, 9.17) is 9.47 Å². The largest absolute Gasteiger partial charge is 0.492 e. The lowest BCUT2D eigenvalue weighted by Crippen LogP contribution is -2.40. The monoisotopic (exact) mass is 313 g/mol. The summed E-state index contributed by atoms with van der Waals surface area (Å²) in [6, 6.07) is 3.53. The zero-order valence-corrected chi connectivity index (χ0v) is 13.7. The second-order valence-electron chi connectivity index (χ2n) is 5.25. The number of benzene rings is 1. The molecule has 0 unspecified atom stereocenters. The van der Waals surface area contributed by atoms with Crippen LogP contribution in [-0.4, -0.2) is 45.6 Å². The Morgan fingerprint density at radius 2 is 1.81 bits per heavy atom. The zero-order chi connectivity index (χ0) is 15.5. The maximum atomic E-state index is 12.8. The van der Waals surface area contributed by atoms with Gasteiger partial charge in [-0.2, -0.15) is 4.31 Å². The molecule has 1 aromatic carbocycles. The molecule has 2 rings (SSSR count). The van der Waals surface area contributed by atoms with Gasteiger partial charge in [0.15, 0.2) is 0 Å². The fourth-order valence-electron chi connectivity index (χ4n) is 2.22. The van der Waals surface area contributed by atoms with Crippen molar-refractivity contribution in [1.29, 1.82) is 0 Å². The van der Waals surface area contributed by atoms with Crippen molar-refractivity contribution < 1.29 is 17.9 Å². The Labute approximate surface area is 126 Å². The number of aryl methyl sites for hydroxylation is 2. The van der Waals surface area contributed by atoms with Gasteiger partial charge in [-0.3, -0.25) is 0 Å². The summed E-state index contributed by atoms with van der Waals surface area (Å²) in [7, 11) is -3.53. The van der Waals surface area contributed by atoms with Crippen LogP contribution >= 0.6 is 0 Å². The van der Waals surface area contributed by atoms with E-state index < -0.39 is 10.0 Å². The lowest BCUT2D eigenvalue weighted by Gasteiger charge is -2.27. The van der Waals surface area contributed by atoms with E-state index in [1.807, 2.05) is 26.8 Å². The highest BCUT2D eigenvalue weighted by molar-refractivity contribution is 7.89. The number of nitrogens with zero attached hydrogens (tertiary/aromatic N) is 1. The fourth-order valence-corrected chi connectivity index (χ4v) is 3.82. The molecular weight excluding hydrogens is 290 g/mol. The second-order valence-corrected chi connectivity index (χ2v) is 7.15. The number of rotatable bonds is 5. The molecule has 0 aromatic heterocycles. The third-order valence-corrected chi connectivity index (χ3v) is 5.53. The van der Waals surface area contributed by atoms with Crippen LogP contribution in [0.25, 0.3) is 0 Å². The SMILES string of the molecule is CCCOc1cc(C)c(C)cc1S(=O)(=O)N1CCOCC1. The minimum absolute atomic E-state index is 0.265. The molecule has 1 heterocycles. The molecule has 1 aliphatic heterocycles. The third-order valence-electron chi connectivity index (χ3n) is 3.61. The number of hydrogen-bond acceptors (Lipinski definition) is 4. The van der Waals surface area contributed by atoms with Gasteiger partial charge >= 0.3 is 0 Å². The van der Waals surface area contributed by atoms with Gasteiger partial charge in [-0.25, -0.2) is 8.42 Å². The van der Waals surface area contributed by atoms with E-state index in [9.17, 15) is 8.42 Å². The summed E-state index contributed by atoms with van der Waals surface area (Å²) in [6.07, 6.45) is 0.837. The predicted octanol–water partition coefficient (Wildman–Crippen LogP) is 2.11. The first kappa shape index (κ1) is 16.3. The smallest absolute Gasteiger partial charge is 0.246 e. The molecule has 5 nitrogen and oxygen atoms in total. The Bertz CT molecular complexity index is 592. The van der Waals surface area contributed by atoms with E-state index in [0.717, 1.165) is 17.5 Å². The minimum atomic E-state index is -3.53. The number of hydrogen-bond donors (Lipinski definition) is 0. The molecule has 0 N–H and O–H groups in total. The molecule has 1 aliphatic rings. The van der Waals surface area contributed by atoms with E-state index >= 15 is 0 Å². The van der Waals surface area contributed by atoms with Crippen LogP contribution in [0.2, 0.25) is 0 Å². The second kappa shape index (κ2) is 6.77. The molecule has 21 heavy (non-hydrogen) atoms. The lowest BCUT2D eigenvalue weighted by atomic mass is 10.1. The average molecular weight is 313 g/mol. The Kier molecular flexibility index (Phi) is 5.24. The van der Waals surface area contributed by atoms with Crippen LogP contribution in [0.15, 0.2) is 17.0 Å². The summed E-state index contributed by atoms with van der Waals surface area (Å²) < 4.78 is 38.0. The zero-order valence-electron chi connectivity index (χ0n) is 12.9. The summed E-state index contributed by atoms with van der Waals surface area (Å²) in [5.74, 6) is 0.450. The molecule has 1 aromatic rings. The summed E-state index contributed by atoms with van der Waals surface area (Å²) in [4.78, 5) is 0.265. The van der Waals surface area contributed by atoms with Crippen LogP contribution in [0.1, 0.15) is 24.5 Å². The topological polar surface area (TPSA) is 55.8 Å². The van der Waals surface area contributed by atoms with Crippen molar-refractivity contribution >= 4 is 10.0 Å². The highest BCUT2D eigenvalue weighted by Crippen LogP contribution is 2.30. The van der Waals surface area contributed by atoms with Gasteiger partial charge < -0.3 is 9.47 Å². The Hall–Kier alpha value is -1.11. The van der Waals surface area contributed by atoms with E-state index in [0.29, 0.717) is 38.7 Å². The molecule has 0 amide bonds. The highest BCUT2D eigenvalue weighted by atomic mass is 32.2. The molecule has 1 saturated heterocycles. The van der Waals surface area contributed by atoms with Crippen molar-refractivity contribution in [2.45, 2.75) is 32.1 Å². The molecule has 0 saturated carbocycles. The van der Waals surface area contributed by atoms with Crippen molar-refractivity contribution in [3.05, 3.63) is 23.3 Å². The van der Waals surface area contributed by atoms with Gasteiger partial charge in [0, 0.05) is 13.1 Å². The first-order valence-electron chi connectivity index (χ1n) is 7.28. The van der Waals surface area contributed by atoms with Crippen LogP contribution in [-0.2, 0) is 14.8 Å². The van der Waals surface area contributed by atoms with Gasteiger partial charge in [0.25, 0.3) is 0 Å². The van der Waals surface area contributed by atoms with Gasteiger partial charge in [-0.15, -0.1) is 0 Å². The van der Waals surface area contributed by atoms with Crippen LogP contribution in [0.4, 0.5) is 0 Å². The van der Waals surface area contributed by atoms with Crippen molar-refractivity contribution in [3.8, 4) is 5.75 Å². The van der Waals surface area contributed by atoms with Crippen LogP contribution in [0.5, 0.6) is 5.75 Å². The molecule has 0 bridgehead atoms. The summed E-state index contributed by atoms with van der Waals surface area (Å²) in [5, 5.41) is 0. The summed E-state index contributed by atoms with van der Waals surface area (Å²) in [6.45, 7) is 8.04. The maximum Gasteiger partial charge on any atom is 0.246 e. The summed E-state index contributed by atoms with van der Waals surface area (Å²) in [5.41, 5.74) is 1.98. The Morgan fingerprint density at radius 1 is 1.19 bits per heavy atom. The number of ether oxygens (including phenoxy) is 2. The quantitative estimate of drug-likeness (QED) is 0.835. The number of morpholine rings is 1.